The van der Waals surface area contributed by atoms with Crippen LogP contribution in [0.4, 0.5) is 9.59 Å². The van der Waals surface area contributed by atoms with E-state index < -0.39 is 17.1 Å². The van der Waals surface area contributed by atoms with Gasteiger partial charge in [-0.15, -0.1) is 0 Å². The monoisotopic (exact) mass is 500 g/mol. The minimum Gasteiger partial charge on any atom is -0.465 e. The van der Waals surface area contributed by atoms with Crippen molar-refractivity contribution in [3.05, 3.63) is 35.9 Å². The quantitative estimate of drug-likeness (QED) is 0.656. The summed E-state index contributed by atoms with van der Waals surface area (Å²) in [6.45, 7) is 2.95. The molecule has 0 aromatic heterocycles. The zero-order chi connectivity index (χ0) is 25.3. The normalized spacial score (nSPS) is 28.6. The molecule has 2 N–H and O–H groups in total. The van der Waals surface area contributed by atoms with Gasteiger partial charge in [-0.1, -0.05) is 43.2 Å². The van der Waals surface area contributed by atoms with E-state index in [-0.39, 0.29) is 44.2 Å². The van der Waals surface area contributed by atoms with Gasteiger partial charge < -0.3 is 34.5 Å². The molecule has 2 atom stereocenters. The van der Waals surface area contributed by atoms with Crippen LogP contribution in [-0.4, -0.2) is 112 Å². The number of likely N-dealkylation sites (tertiary alicyclic amines) is 1. The number of carboxylic acid groups (broad SMARTS) is 1. The molecule has 10 nitrogen and oxygen atoms in total. The van der Waals surface area contributed by atoms with Crippen LogP contribution in [0.3, 0.4) is 0 Å². The number of β-amino-alcohol motifs (C(OH)–C–C–N with tert-alkyl or cyclic N) is 1. The van der Waals surface area contributed by atoms with E-state index >= 15 is 0 Å². The van der Waals surface area contributed by atoms with Crippen molar-refractivity contribution in [2.75, 3.05) is 59.0 Å². The van der Waals surface area contributed by atoms with Crippen molar-refractivity contribution in [2.45, 2.75) is 43.7 Å². The standard InChI is InChI=1S/C26H36N4O6/c31-22-17-36-15-14-28(22)19-26(35)10-11-29(18-25(26)8-4-5-9-25)23(32)30-13-12-27(24(33)34)16-21(30)20-6-2-1-3-7-20/h1-3,6-7,21,35H,4-5,8-19H2,(H,33,34)/t21-,26?/m0/s1. The Morgan fingerprint density at radius 2 is 1.75 bits per heavy atom. The predicted octanol–water partition coefficient (Wildman–Crippen LogP) is 2.00. The molecule has 4 aliphatic rings. The van der Waals surface area contributed by atoms with Crippen LogP contribution in [0, 0.1) is 5.41 Å². The average Bonchev–Trinajstić information content (AvgIpc) is 3.37. The van der Waals surface area contributed by atoms with Crippen LogP contribution in [0.2, 0.25) is 0 Å². The number of rotatable bonds is 3. The summed E-state index contributed by atoms with van der Waals surface area (Å²) in [4.78, 5) is 44.8. The molecule has 10 heteroatoms. The van der Waals surface area contributed by atoms with Gasteiger partial charge in [0.1, 0.15) is 6.61 Å². The Hall–Kier alpha value is -2.85. The van der Waals surface area contributed by atoms with Gasteiger partial charge in [0.2, 0.25) is 5.91 Å². The number of aliphatic hydroxyl groups is 1. The highest BCUT2D eigenvalue weighted by Gasteiger charge is 2.57. The van der Waals surface area contributed by atoms with Crippen molar-refractivity contribution in [2.24, 2.45) is 5.41 Å². The molecule has 196 valence electrons. The fourth-order valence-electron chi connectivity index (χ4n) is 6.62. The summed E-state index contributed by atoms with van der Waals surface area (Å²) in [7, 11) is 0. The van der Waals surface area contributed by atoms with Crippen molar-refractivity contribution < 1.29 is 29.3 Å². The second-order valence-electron chi connectivity index (χ2n) is 10.7. The first-order valence-electron chi connectivity index (χ1n) is 13.0. The Morgan fingerprint density at radius 1 is 1.00 bits per heavy atom. The van der Waals surface area contributed by atoms with E-state index in [1.807, 2.05) is 35.2 Å². The number of morpholine rings is 1. The van der Waals surface area contributed by atoms with Gasteiger partial charge in [0, 0.05) is 44.7 Å². The molecule has 3 aliphatic heterocycles. The van der Waals surface area contributed by atoms with Gasteiger partial charge >= 0.3 is 12.1 Å². The van der Waals surface area contributed by atoms with E-state index in [1.54, 1.807) is 9.80 Å². The van der Waals surface area contributed by atoms with Gasteiger partial charge in [-0.25, -0.2) is 9.59 Å². The SMILES string of the molecule is O=C(O)N1CCN(C(=O)N2CCC(O)(CN3CCOCC3=O)C3(CCCC3)C2)[C@H](c2ccccc2)C1. The molecular formula is C26H36N4O6. The Morgan fingerprint density at radius 3 is 2.44 bits per heavy atom. The number of benzene rings is 1. The molecule has 1 unspecified atom stereocenters. The minimum atomic E-state index is -1.05. The molecular weight excluding hydrogens is 464 g/mol. The van der Waals surface area contributed by atoms with Crippen molar-refractivity contribution in [1.29, 1.82) is 0 Å². The van der Waals surface area contributed by atoms with Gasteiger partial charge in [0.15, 0.2) is 0 Å². The van der Waals surface area contributed by atoms with E-state index in [0.717, 1.165) is 31.2 Å². The molecule has 1 spiro atoms. The lowest BCUT2D eigenvalue weighted by molar-refractivity contribution is -0.165. The number of hydrogen-bond donors (Lipinski definition) is 2. The molecule has 3 heterocycles. The third-order valence-corrected chi connectivity index (χ3v) is 8.72. The maximum absolute atomic E-state index is 13.9. The number of hydrogen-bond acceptors (Lipinski definition) is 5. The number of piperidine rings is 1. The number of urea groups is 1. The number of piperazine rings is 1. The first-order valence-corrected chi connectivity index (χ1v) is 13.0. The molecule has 1 aromatic carbocycles. The lowest BCUT2D eigenvalue weighted by Crippen LogP contribution is -2.66. The van der Waals surface area contributed by atoms with Crippen molar-refractivity contribution in [3.63, 3.8) is 0 Å². The first-order chi connectivity index (χ1) is 17.3. The highest BCUT2D eigenvalue weighted by Crippen LogP contribution is 2.51. The van der Waals surface area contributed by atoms with Crippen molar-refractivity contribution >= 4 is 18.0 Å². The molecule has 5 rings (SSSR count). The third kappa shape index (κ3) is 4.52. The smallest absolute Gasteiger partial charge is 0.407 e. The fraction of sp³-hybridized carbons (Fsp3) is 0.654. The van der Waals surface area contributed by atoms with E-state index in [2.05, 4.69) is 0 Å². The Bertz CT molecular complexity index is 984. The summed E-state index contributed by atoms with van der Waals surface area (Å²) in [5, 5.41) is 21.5. The summed E-state index contributed by atoms with van der Waals surface area (Å²) in [6.07, 6.45) is 3.06. The van der Waals surface area contributed by atoms with Gasteiger partial charge in [-0.3, -0.25) is 4.79 Å². The van der Waals surface area contributed by atoms with E-state index in [9.17, 15) is 24.6 Å². The second-order valence-corrected chi connectivity index (χ2v) is 10.7. The van der Waals surface area contributed by atoms with Crippen LogP contribution in [0.15, 0.2) is 30.3 Å². The van der Waals surface area contributed by atoms with Crippen LogP contribution in [0.25, 0.3) is 0 Å². The predicted molar refractivity (Wildman–Crippen MR) is 130 cm³/mol. The average molecular weight is 501 g/mol. The summed E-state index contributed by atoms with van der Waals surface area (Å²) in [5.41, 5.74) is -0.592. The van der Waals surface area contributed by atoms with Crippen LogP contribution in [0.5, 0.6) is 0 Å². The largest absolute Gasteiger partial charge is 0.465 e. The molecule has 4 fully saturated rings. The van der Waals surface area contributed by atoms with Crippen LogP contribution in [0.1, 0.15) is 43.7 Å². The first kappa shape index (κ1) is 24.8. The topological polar surface area (TPSA) is 114 Å². The molecule has 1 saturated carbocycles. The summed E-state index contributed by atoms with van der Waals surface area (Å²) in [5.74, 6) is -0.0941. The lowest BCUT2D eigenvalue weighted by atomic mass is 9.65. The lowest BCUT2D eigenvalue weighted by Gasteiger charge is -2.54. The molecule has 36 heavy (non-hydrogen) atoms. The molecule has 1 aromatic rings. The second kappa shape index (κ2) is 9.89. The Balaban J connectivity index is 1.36. The molecule has 3 saturated heterocycles. The summed E-state index contributed by atoms with van der Waals surface area (Å²) in [6, 6.07) is 9.10. The Labute approximate surface area is 211 Å². The van der Waals surface area contributed by atoms with Crippen molar-refractivity contribution in [1.82, 2.24) is 19.6 Å². The zero-order valence-electron chi connectivity index (χ0n) is 20.7. The number of nitrogens with zero attached hydrogens (tertiary/aromatic N) is 4. The molecule has 0 radical (unpaired) electrons. The van der Waals surface area contributed by atoms with E-state index in [4.69, 9.17) is 4.74 Å². The van der Waals surface area contributed by atoms with Gasteiger partial charge in [-0.2, -0.15) is 0 Å². The number of carbonyl (C=O) groups is 3. The maximum atomic E-state index is 13.9. The molecule has 1 aliphatic carbocycles. The van der Waals surface area contributed by atoms with E-state index in [1.165, 1.54) is 4.90 Å². The fourth-order valence-corrected chi connectivity index (χ4v) is 6.62. The molecule has 0 bridgehead atoms. The van der Waals surface area contributed by atoms with Gasteiger partial charge in [-0.05, 0) is 24.8 Å². The minimum absolute atomic E-state index is 0.0525. The van der Waals surface area contributed by atoms with Crippen LogP contribution < -0.4 is 0 Å². The Kier molecular flexibility index (Phi) is 6.82. The summed E-state index contributed by atoms with van der Waals surface area (Å²) >= 11 is 0. The number of ether oxygens (including phenoxy) is 1. The van der Waals surface area contributed by atoms with Gasteiger partial charge in [0.05, 0.1) is 24.8 Å². The number of amides is 4. The van der Waals surface area contributed by atoms with Gasteiger partial charge in [0.25, 0.3) is 0 Å². The van der Waals surface area contributed by atoms with Crippen molar-refractivity contribution in [3.8, 4) is 0 Å². The summed E-state index contributed by atoms with van der Waals surface area (Å²) < 4.78 is 5.26. The third-order valence-electron chi connectivity index (χ3n) is 8.72. The zero-order valence-corrected chi connectivity index (χ0v) is 20.7. The maximum Gasteiger partial charge on any atom is 0.407 e. The number of carbonyl (C=O) groups excluding carboxylic acids is 2. The highest BCUT2D eigenvalue weighted by molar-refractivity contribution is 5.78. The molecule has 4 amide bonds. The highest BCUT2D eigenvalue weighted by atomic mass is 16.5. The van der Waals surface area contributed by atoms with Crippen LogP contribution >= 0.6 is 0 Å². The van der Waals surface area contributed by atoms with E-state index in [0.29, 0.717) is 39.2 Å². The van der Waals surface area contributed by atoms with Crippen LogP contribution in [-0.2, 0) is 9.53 Å².